The maximum Gasteiger partial charge on any atom is 0.592 e. The molecule has 0 fully saturated rings. The van der Waals surface area contributed by atoms with Crippen LogP contribution in [0.3, 0.4) is 0 Å². The Morgan fingerprint density at radius 1 is 0.833 bits per heavy atom. The minimum absolute atomic E-state index is 0.0464. The Labute approximate surface area is 114 Å². The quantitative estimate of drug-likeness (QED) is 0.524. The topological polar surface area (TPSA) is 27.7 Å². The molecule has 0 atom stereocenters. The summed E-state index contributed by atoms with van der Waals surface area (Å²) < 4.78 is 17.8. The lowest BCUT2D eigenvalue weighted by molar-refractivity contribution is 0.0163. The molecule has 106 valence electrons. The fraction of sp³-hybridized carbons (Fsp3) is 0.857. The molecule has 0 aliphatic rings. The van der Waals surface area contributed by atoms with E-state index in [-0.39, 0.29) is 18.3 Å². The van der Waals surface area contributed by atoms with Gasteiger partial charge in [-0.15, -0.1) is 5.92 Å². The van der Waals surface area contributed by atoms with Crippen molar-refractivity contribution in [3.63, 3.8) is 0 Å². The van der Waals surface area contributed by atoms with E-state index in [9.17, 15) is 0 Å². The van der Waals surface area contributed by atoms with Crippen LogP contribution in [0.25, 0.3) is 0 Å². The molecule has 0 radical (unpaired) electrons. The Kier molecular flexibility index (Phi) is 8.54. The van der Waals surface area contributed by atoms with Crippen LogP contribution >= 0.6 is 0 Å². The van der Waals surface area contributed by atoms with Crippen molar-refractivity contribution < 1.29 is 13.3 Å². The van der Waals surface area contributed by atoms with Crippen molar-refractivity contribution in [2.75, 3.05) is 0 Å². The van der Waals surface area contributed by atoms with E-state index in [1.54, 1.807) is 0 Å². The third-order valence-corrected chi connectivity index (χ3v) is 4.62. The summed E-state index contributed by atoms with van der Waals surface area (Å²) in [6.45, 7) is 14.0. The van der Waals surface area contributed by atoms with Crippen LogP contribution in [-0.2, 0) is 13.3 Å². The smallest absolute Gasteiger partial charge is 0.361 e. The summed E-state index contributed by atoms with van der Waals surface area (Å²) in [5.74, 6) is 3.13. The Bertz CT molecular complexity index is 250. The highest BCUT2D eigenvalue weighted by Crippen LogP contribution is 2.16. The molecule has 0 bridgehead atoms. The van der Waals surface area contributed by atoms with Crippen molar-refractivity contribution in [1.29, 1.82) is 0 Å². The molecule has 4 heteroatoms. The highest BCUT2D eigenvalue weighted by atomic mass is 28.4. The molecule has 18 heavy (non-hydrogen) atoms. The lowest BCUT2D eigenvalue weighted by atomic mass is 10.4. The van der Waals surface area contributed by atoms with Crippen molar-refractivity contribution in [2.45, 2.75) is 79.6 Å². The van der Waals surface area contributed by atoms with E-state index in [2.05, 4.69) is 18.4 Å². The van der Waals surface area contributed by atoms with Gasteiger partial charge in [0.15, 0.2) is 0 Å². The summed E-state index contributed by atoms with van der Waals surface area (Å²) in [7, 11) is -2.88. The molecule has 0 unspecified atom stereocenters. The van der Waals surface area contributed by atoms with Gasteiger partial charge in [-0.25, -0.2) is 0 Å². The minimum atomic E-state index is -2.88. The average Bonchev–Trinajstić information content (AvgIpc) is 2.13. The van der Waals surface area contributed by atoms with Gasteiger partial charge in [0.05, 0.1) is 0 Å². The van der Waals surface area contributed by atoms with Gasteiger partial charge in [0.2, 0.25) is 0 Å². The van der Waals surface area contributed by atoms with Crippen LogP contribution in [0.4, 0.5) is 0 Å². The first-order valence-corrected chi connectivity index (χ1v) is 8.57. The van der Waals surface area contributed by atoms with Crippen LogP contribution in [0.5, 0.6) is 0 Å². The molecule has 0 aliphatic heterocycles. The zero-order valence-electron chi connectivity index (χ0n) is 12.9. The van der Waals surface area contributed by atoms with Crippen molar-refractivity contribution in [1.82, 2.24) is 0 Å². The molecule has 3 nitrogen and oxygen atoms in total. The molecule has 0 N–H and O–H groups in total. The summed E-state index contributed by atoms with van der Waals surface area (Å²) >= 11 is 0. The molecular weight excluding hydrogens is 244 g/mol. The average molecular weight is 272 g/mol. The molecule has 0 spiro atoms. The largest absolute Gasteiger partial charge is 0.592 e. The van der Waals surface area contributed by atoms with Crippen LogP contribution in [0.15, 0.2) is 0 Å². The number of hydrogen-bond donors (Lipinski definition) is 0. The molecular formula is C14H28O3Si. The lowest BCUT2D eigenvalue weighted by Crippen LogP contribution is -2.50. The van der Waals surface area contributed by atoms with Crippen molar-refractivity contribution in [3.05, 3.63) is 0 Å². The summed E-state index contributed by atoms with van der Waals surface area (Å²) in [6.07, 6.45) is 2.02. The van der Waals surface area contributed by atoms with E-state index in [4.69, 9.17) is 13.3 Å². The van der Waals surface area contributed by atoms with Crippen molar-refractivity contribution in [3.8, 4) is 11.5 Å². The SMILES string of the molecule is CCCC#C[Si](OC(C)C)(OC(C)C)OC(C)C. The first-order chi connectivity index (χ1) is 8.31. The second kappa shape index (κ2) is 8.71. The van der Waals surface area contributed by atoms with Crippen LogP contribution in [-0.4, -0.2) is 27.1 Å². The van der Waals surface area contributed by atoms with Gasteiger partial charge in [-0.2, -0.15) is 0 Å². The highest BCUT2D eigenvalue weighted by Gasteiger charge is 2.43. The zero-order valence-corrected chi connectivity index (χ0v) is 13.9. The van der Waals surface area contributed by atoms with E-state index in [0.717, 1.165) is 12.8 Å². The summed E-state index contributed by atoms with van der Waals surface area (Å²) in [4.78, 5) is 0. The van der Waals surface area contributed by atoms with E-state index in [1.165, 1.54) is 0 Å². The van der Waals surface area contributed by atoms with Crippen LogP contribution in [0, 0.1) is 11.5 Å². The third-order valence-electron chi connectivity index (χ3n) is 1.79. The van der Waals surface area contributed by atoms with Gasteiger partial charge < -0.3 is 13.3 Å². The Balaban J connectivity index is 5.06. The van der Waals surface area contributed by atoms with E-state index >= 15 is 0 Å². The van der Waals surface area contributed by atoms with Crippen LogP contribution in [0.1, 0.15) is 61.3 Å². The summed E-state index contributed by atoms with van der Waals surface area (Å²) in [6, 6.07) is 0. The molecule has 0 saturated carbocycles. The number of hydrogen-bond acceptors (Lipinski definition) is 3. The fourth-order valence-corrected chi connectivity index (χ4v) is 3.95. The minimum Gasteiger partial charge on any atom is -0.361 e. The first-order valence-electron chi connectivity index (χ1n) is 6.84. The predicted molar refractivity (Wildman–Crippen MR) is 77.1 cm³/mol. The molecule has 0 rings (SSSR count). The number of rotatable bonds is 7. The fourth-order valence-electron chi connectivity index (χ4n) is 1.40. The van der Waals surface area contributed by atoms with Crippen molar-refractivity contribution >= 4 is 8.80 Å². The molecule has 0 amide bonds. The Morgan fingerprint density at radius 2 is 1.22 bits per heavy atom. The maximum absolute atomic E-state index is 5.93. The molecule has 0 aliphatic carbocycles. The standard InChI is InChI=1S/C14H28O3Si/c1-8-9-10-11-18(15-12(2)3,16-13(4)5)17-14(6)7/h12-14H,8-9H2,1-7H3. The van der Waals surface area contributed by atoms with E-state index < -0.39 is 8.80 Å². The predicted octanol–water partition coefficient (Wildman–Crippen LogP) is 3.54. The van der Waals surface area contributed by atoms with Crippen LogP contribution < -0.4 is 0 Å². The maximum atomic E-state index is 5.93. The molecule has 0 aromatic heterocycles. The molecule has 0 aromatic carbocycles. The summed E-state index contributed by atoms with van der Waals surface area (Å²) in [5, 5.41) is 0. The zero-order chi connectivity index (χ0) is 14.2. The van der Waals surface area contributed by atoms with Crippen LogP contribution in [0.2, 0.25) is 0 Å². The first kappa shape index (κ1) is 17.7. The molecule has 0 saturated heterocycles. The highest BCUT2D eigenvalue weighted by molar-refractivity contribution is 6.69. The lowest BCUT2D eigenvalue weighted by Gasteiger charge is -2.30. The van der Waals surface area contributed by atoms with Gasteiger partial charge in [0, 0.05) is 24.7 Å². The second-order valence-electron chi connectivity index (χ2n) is 5.11. The van der Waals surface area contributed by atoms with Gasteiger partial charge in [-0.3, -0.25) is 0 Å². The molecule has 0 aromatic rings. The van der Waals surface area contributed by atoms with Gasteiger partial charge in [-0.05, 0) is 53.5 Å². The third kappa shape index (κ3) is 7.88. The normalized spacial score (nSPS) is 12.1. The van der Waals surface area contributed by atoms with Gasteiger partial charge >= 0.3 is 8.80 Å². The monoisotopic (exact) mass is 272 g/mol. The molecule has 0 heterocycles. The summed E-state index contributed by atoms with van der Waals surface area (Å²) in [5.41, 5.74) is 3.15. The van der Waals surface area contributed by atoms with E-state index in [1.807, 2.05) is 41.5 Å². The van der Waals surface area contributed by atoms with Crippen molar-refractivity contribution in [2.24, 2.45) is 0 Å². The Hall–Kier alpha value is -0.343. The second-order valence-corrected chi connectivity index (χ2v) is 7.18. The van der Waals surface area contributed by atoms with Gasteiger partial charge in [0.1, 0.15) is 0 Å². The number of unbranched alkanes of at least 4 members (excludes halogenated alkanes) is 1. The van der Waals surface area contributed by atoms with Gasteiger partial charge in [0.25, 0.3) is 0 Å². The van der Waals surface area contributed by atoms with E-state index in [0.29, 0.717) is 0 Å². The van der Waals surface area contributed by atoms with Gasteiger partial charge in [-0.1, -0.05) is 6.92 Å². The Morgan fingerprint density at radius 3 is 1.50 bits per heavy atom.